The Morgan fingerprint density at radius 2 is 2.00 bits per heavy atom. The van der Waals surface area contributed by atoms with Crippen LogP contribution < -0.4 is 10.1 Å². The number of carbonyl (C=O) groups is 1. The first kappa shape index (κ1) is 16.0. The van der Waals surface area contributed by atoms with Gasteiger partial charge in [-0.05, 0) is 30.5 Å². The molecule has 1 amide bonds. The van der Waals surface area contributed by atoms with Crippen molar-refractivity contribution < 1.29 is 9.53 Å². The second-order valence-corrected chi connectivity index (χ2v) is 6.90. The van der Waals surface area contributed by atoms with Gasteiger partial charge in [-0.25, -0.2) is 4.98 Å². The minimum atomic E-state index is -0.0332. The molecule has 1 aliphatic carbocycles. The minimum Gasteiger partial charge on any atom is -0.497 e. The summed E-state index contributed by atoms with van der Waals surface area (Å²) in [6.45, 7) is 0. The van der Waals surface area contributed by atoms with Crippen LogP contribution in [-0.4, -0.2) is 24.0 Å². The van der Waals surface area contributed by atoms with Crippen LogP contribution in [0, 0.1) is 0 Å². The van der Waals surface area contributed by atoms with Crippen LogP contribution in [0.3, 0.4) is 0 Å². The molecule has 5 heteroatoms. The molecule has 3 rings (SSSR count). The molecule has 1 N–H and O–H groups in total. The maximum Gasteiger partial charge on any atom is 0.270 e. The fourth-order valence-electron chi connectivity index (χ4n) is 2.92. The lowest BCUT2D eigenvalue weighted by Crippen LogP contribution is -2.36. The molecule has 23 heavy (non-hydrogen) atoms. The Kier molecular flexibility index (Phi) is 5.28. The molecular formula is C18H22N2O2S. The molecule has 2 aromatic rings. The summed E-state index contributed by atoms with van der Waals surface area (Å²) >= 11 is 1.54. The van der Waals surface area contributed by atoms with Crippen LogP contribution in [-0.2, 0) is 6.42 Å². The zero-order chi connectivity index (χ0) is 16.1. The van der Waals surface area contributed by atoms with Crippen molar-refractivity contribution in [3.05, 3.63) is 45.9 Å². The SMILES string of the molecule is COc1ccc(Cc2nc(C(=O)NC3CCCCC3)cs2)cc1. The van der Waals surface area contributed by atoms with E-state index in [9.17, 15) is 4.79 Å². The van der Waals surface area contributed by atoms with Crippen LogP contribution in [0.2, 0.25) is 0 Å². The third-order valence-electron chi connectivity index (χ3n) is 4.24. The van der Waals surface area contributed by atoms with Gasteiger partial charge in [0.25, 0.3) is 5.91 Å². The molecule has 0 bridgehead atoms. The van der Waals surface area contributed by atoms with Crippen LogP contribution in [0.5, 0.6) is 5.75 Å². The highest BCUT2D eigenvalue weighted by Crippen LogP contribution is 2.20. The van der Waals surface area contributed by atoms with E-state index in [1.807, 2.05) is 29.6 Å². The number of nitrogens with one attached hydrogen (secondary N) is 1. The van der Waals surface area contributed by atoms with Crippen LogP contribution >= 0.6 is 11.3 Å². The van der Waals surface area contributed by atoms with Crippen LogP contribution in [0.4, 0.5) is 0 Å². The van der Waals surface area contributed by atoms with Gasteiger partial charge in [-0.1, -0.05) is 31.4 Å². The Balaban J connectivity index is 1.59. The first-order valence-electron chi connectivity index (χ1n) is 8.13. The number of aromatic nitrogens is 1. The Hall–Kier alpha value is -1.88. The molecule has 0 saturated heterocycles. The molecular weight excluding hydrogens is 308 g/mol. The molecule has 4 nitrogen and oxygen atoms in total. The van der Waals surface area contributed by atoms with Gasteiger partial charge in [0, 0.05) is 17.8 Å². The third kappa shape index (κ3) is 4.32. The average molecular weight is 330 g/mol. The quantitative estimate of drug-likeness (QED) is 0.907. The Bertz CT molecular complexity index is 645. The number of hydrogen-bond donors (Lipinski definition) is 1. The van der Waals surface area contributed by atoms with Gasteiger partial charge in [-0.3, -0.25) is 4.79 Å². The molecule has 0 aliphatic heterocycles. The largest absolute Gasteiger partial charge is 0.497 e. The second-order valence-electron chi connectivity index (χ2n) is 5.96. The summed E-state index contributed by atoms with van der Waals surface area (Å²) in [6, 6.07) is 8.27. The molecule has 122 valence electrons. The molecule has 0 spiro atoms. The Morgan fingerprint density at radius 1 is 1.26 bits per heavy atom. The topological polar surface area (TPSA) is 51.2 Å². The molecule has 1 saturated carbocycles. The van der Waals surface area contributed by atoms with Crippen molar-refractivity contribution in [2.75, 3.05) is 7.11 Å². The summed E-state index contributed by atoms with van der Waals surface area (Å²) < 4.78 is 5.16. The smallest absolute Gasteiger partial charge is 0.270 e. The zero-order valence-electron chi connectivity index (χ0n) is 13.4. The number of rotatable bonds is 5. The summed E-state index contributed by atoms with van der Waals surface area (Å²) in [7, 11) is 1.66. The molecule has 1 aromatic carbocycles. The Morgan fingerprint density at radius 3 is 2.70 bits per heavy atom. The predicted molar refractivity (Wildman–Crippen MR) is 92.3 cm³/mol. The highest BCUT2D eigenvalue weighted by molar-refractivity contribution is 7.09. The van der Waals surface area contributed by atoms with E-state index >= 15 is 0 Å². The number of amides is 1. The summed E-state index contributed by atoms with van der Waals surface area (Å²) in [5.74, 6) is 0.814. The lowest BCUT2D eigenvalue weighted by atomic mass is 9.95. The van der Waals surface area contributed by atoms with Crippen molar-refractivity contribution >= 4 is 17.2 Å². The third-order valence-corrected chi connectivity index (χ3v) is 5.09. The maximum atomic E-state index is 12.3. The van der Waals surface area contributed by atoms with Gasteiger partial charge in [0.2, 0.25) is 0 Å². The van der Waals surface area contributed by atoms with Gasteiger partial charge in [-0.2, -0.15) is 0 Å². The highest BCUT2D eigenvalue weighted by Gasteiger charge is 2.18. The average Bonchev–Trinajstić information content (AvgIpc) is 3.05. The van der Waals surface area contributed by atoms with E-state index in [0.29, 0.717) is 11.7 Å². The fraction of sp³-hybridized carbons (Fsp3) is 0.444. The van der Waals surface area contributed by atoms with Gasteiger partial charge in [-0.15, -0.1) is 11.3 Å². The number of benzene rings is 1. The predicted octanol–water partition coefficient (Wildman–Crippen LogP) is 3.81. The molecule has 0 radical (unpaired) electrons. The first-order valence-corrected chi connectivity index (χ1v) is 9.01. The van der Waals surface area contributed by atoms with E-state index < -0.39 is 0 Å². The highest BCUT2D eigenvalue weighted by atomic mass is 32.1. The summed E-state index contributed by atoms with van der Waals surface area (Å²) in [5.41, 5.74) is 1.71. The number of carbonyl (C=O) groups excluding carboxylic acids is 1. The van der Waals surface area contributed by atoms with Crippen molar-refractivity contribution in [2.24, 2.45) is 0 Å². The van der Waals surface area contributed by atoms with Gasteiger partial charge < -0.3 is 10.1 Å². The molecule has 1 aromatic heterocycles. The van der Waals surface area contributed by atoms with E-state index in [1.165, 1.54) is 24.8 Å². The van der Waals surface area contributed by atoms with Crippen LogP contribution in [0.25, 0.3) is 0 Å². The molecule has 1 fully saturated rings. The van der Waals surface area contributed by atoms with Crippen molar-refractivity contribution in [3.63, 3.8) is 0 Å². The summed E-state index contributed by atoms with van der Waals surface area (Å²) in [6.07, 6.45) is 6.64. The molecule has 0 atom stereocenters. The molecule has 0 unspecified atom stereocenters. The van der Waals surface area contributed by atoms with E-state index in [0.717, 1.165) is 30.0 Å². The van der Waals surface area contributed by atoms with E-state index in [2.05, 4.69) is 10.3 Å². The molecule has 1 aliphatic rings. The van der Waals surface area contributed by atoms with Gasteiger partial charge in [0.15, 0.2) is 0 Å². The summed E-state index contributed by atoms with van der Waals surface area (Å²) in [5, 5.41) is 5.94. The minimum absolute atomic E-state index is 0.0332. The van der Waals surface area contributed by atoms with Crippen molar-refractivity contribution in [1.82, 2.24) is 10.3 Å². The lowest BCUT2D eigenvalue weighted by molar-refractivity contribution is 0.0923. The standard InChI is InChI=1S/C18H22N2O2S/c1-22-15-9-7-13(8-10-15)11-17-20-16(12-23-17)18(21)19-14-5-3-2-4-6-14/h7-10,12,14H,2-6,11H2,1H3,(H,19,21). The number of methoxy groups -OCH3 is 1. The van der Waals surface area contributed by atoms with Crippen LogP contribution in [0.15, 0.2) is 29.6 Å². The zero-order valence-corrected chi connectivity index (χ0v) is 14.2. The Labute approximate surface area is 140 Å². The number of ether oxygens (including phenoxy) is 1. The van der Waals surface area contributed by atoms with Crippen molar-refractivity contribution in [2.45, 2.75) is 44.6 Å². The summed E-state index contributed by atoms with van der Waals surface area (Å²) in [4.78, 5) is 16.8. The van der Waals surface area contributed by atoms with E-state index in [-0.39, 0.29) is 5.91 Å². The number of hydrogen-bond acceptors (Lipinski definition) is 4. The van der Waals surface area contributed by atoms with E-state index in [4.69, 9.17) is 4.74 Å². The molecule has 1 heterocycles. The first-order chi connectivity index (χ1) is 11.2. The number of nitrogens with zero attached hydrogens (tertiary/aromatic N) is 1. The lowest BCUT2D eigenvalue weighted by Gasteiger charge is -2.22. The normalized spacial score (nSPS) is 15.3. The van der Waals surface area contributed by atoms with Gasteiger partial charge in [0.05, 0.1) is 12.1 Å². The second kappa shape index (κ2) is 7.59. The van der Waals surface area contributed by atoms with E-state index in [1.54, 1.807) is 18.4 Å². The monoisotopic (exact) mass is 330 g/mol. The van der Waals surface area contributed by atoms with Crippen LogP contribution in [0.1, 0.15) is 53.2 Å². The van der Waals surface area contributed by atoms with Gasteiger partial charge >= 0.3 is 0 Å². The van der Waals surface area contributed by atoms with Crippen molar-refractivity contribution in [1.29, 1.82) is 0 Å². The van der Waals surface area contributed by atoms with Gasteiger partial charge in [0.1, 0.15) is 11.4 Å². The fourth-order valence-corrected chi connectivity index (χ4v) is 3.73. The maximum absolute atomic E-state index is 12.3. The van der Waals surface area contributed by atoms with Crippen molar-refractivity contribution in [3.8, 4) is 5.75 Å². The number of thiazole rings is 1.